The van der Waals surface area contributed by atoms with Gasteiger partial charge in [-0.25, -0.2) is 0 Å². The van der Waals surface area contributed by atoms with Crippen LogP contribution in [0.1, 0.15) is 44.7 Å². The monoisotopic (exact) mass is 652 g/mol. The summed E-state index contributed by atoms with van der Waals surface area (Å²) in [6.45, 7) is 3.31. The number of nitrogens with one attached hydrogen (secondary N) is 1. The van der Waals surface area contributed by atoms with Gasteiger partial charge in [0.1, 0.15) is 18.4 Å². The van der Waals surface area contributed by atoms with Gasteiger partial charge in [0.05, 0.1) is 17.7 Å². The summed E-state index contributed by atoms with van der Waals surface area (Å²) in [6.07, 6.45) is 0.138. The first-order valence-electron chi connectivity index (χ1n) is 12.7. The summed E-state index contributed by atoms with van der Waals surface area (Å²) < 4.78 is 29.7. The maximum Gasteiger partial charge on any atom is 0.308 e. The van der Waals surface area contributed by atoms with Crippen molar-refractivity contribution in [2.45, 2.75) is 36.0 Å². The van der Waals surface area contributed by atoms with E-state index in [1.54, 1.807) is 17.0 Å². The second kappa shape index (κ2) is 11.3. The molecule has 3 aliphatic rings. The molecule has 1 atom stereocenters. The van der Waals surface area contributed by atoms with E-state index >= 15 is 0 Å². The lowest BCUT2D eigenvalue weighted by Gasteiger charge is -2.35. The number of amides is 4. The highest BCUT2D eigenvalue weighted by Gasteiger charge is 2.46. The predicted octanol–water partition coefficient (Wildman–Crippen LogP) is 2.81. The maximum absolute atomic E-state index is 13.2. The molecule has 2 saturated heterocycles. The Hall–Kier alpha value is -2.97. The zero-order chi connectivity index (χ0) is 27.7. The molecule has 1 N–H and O–H groups in total. The second-order valence-corrected chi connectivity index (χ2v) is 11.5. The van der Waals surface area contributed by atoms with E-state index in [0.717, 1.165) is 29.1 Å². The van der Waals surface area contributed by atoms with Crippen molar-refractivity contribution in [2.75, 3.05) is 32.7 Å². The van der Waals surface area contributed by atoms with Gasteiger partial charge >= 0.3 is 3.93 Å². The van der Waals surface area contributed by atoms with E-state index < -0.39 is 33.6 Å². The highest BCUT2D eigenvalue weighted by molar-refractivity contribution is 14.1. The molecule has 39 heavy (non-hydrogen) atoms. The highest BCUT2D eigenvalue weighted by atomic mass is 127. The Morgan fingerprint density at radius 3 is 2.26 bits per heavy atom. The van der Waals surface area contributed by atoms with Crippen molar-refractivity contribution < 1.29 is 32.7 Å². The average Bonchev–Trinajstić information content (AvgIpc) is 3.14. The minimum atomic E-state index is -2.71. The minimum absolute atomic E-state index is 0.0524. The fourth-order valence-corrected chi connectivity index (χ4v) is 5.61. The van der Waals surface area contributed by atoms with Crippen molar-refractivity contribution in [1.82, 2.24) is 20.0 Å². The van der Waals surface area contributed by atoms with E-state index in [2.05, 4.69) is 10.2 Å². The molecule has 206 valence electrons. The van der Waals surface area contributed by atoms with Crippen LogP contribution in [0, 0.1) is 0 Å². The highest BCUT2D eigenvalue weighted by Crippen LogP contribution is 2.34. The van der Waals surface area contributed by atoms with Gasteiger partial charge < -0.3 is 4.74 Å². The third kappa shape index (κ3) is 6.28. The lowest BCUT2D eigenvalue weighted by Crippen LogP contribution is -2.54. The summed E-state index contributed by atoms with van der Waals surface area (Å²) >= 11 is 1.18. The summed E-state index contributed by atoms with van der Waals surface area (Å²) in [7, 11) is 0. The Labute approximate surface area is 237 Å². The van der Waals surface area contributed by atoms with E-state index in [0.29, 0.717) is 19.6 Å². The van der Waals surface area contributed by atoms with Crippen LogP contribution in [-0.4, -0.2) is 81.0 Å². The van der Waals surface area contributed by atoms with Crippen molar-refractivity contribution >= 4 is 46.2 Å². The first kappa shape index (κ1) is 27.6. The molecule has 2 aromatic carbocycles. The second-order valence-electron chi connectivity index (χ2n) is 9.90. The number of fused-ring (bicyclic) bond motifs is 1. The lowest BCUT2D eigenvalue weighted by molar-refractivity contribution is -0.136. The Bertz CT molecular complexity index is 1290. The van der Waals surface area contributed by atoms with E-state index in [1.807, 2.05) is 24.3 Å². The number of alkyl halides is 3. The molecule has 0 radical (unpaired) electrons. The molecule has 4 amide bonds. The van der Waals surface area contributed by atoms with Gasteiger partial charge in [0, 0.05) is 61.7 Å². The van der Waals surface area contributed by atoms with Gasteiger partial charge in [-0.2, -0.15) is 8.78 Å². The molecule has 3 heterocycles. The number of hydrogen-bond acceptors (Lipinski definition) is 7. The van der Waals surface area contributed by atoms with Crippen molar-refractivity contribution in [3.63, 3.8) is 0 Å². The van der Waals surface area contributed by atoms with Gasteiger partial charge in [-0.3, -0.25) is 39.2 Å². The van der Waals surface area contributed by atoms with Crippen molar-refractivity contribution in [1.29, 1.82) is 0 Å². The predicted molar refractivity (Wildman–Crippen MR) is 145 cm³/mol. The van der Waals surface area contributed by atoms with Crippen LogP contribution in [0.25, 0.3) is 0 Å². The zero-order valence-electron chi connectivity index (χ0n) is 21.0. The number of nitrogens with zero attached hydrogens (tertiary/aromatic N) is 3. The number of benzene rings is 2. The van der Waals surface area contributed by atoms with Crippen LogP contribution in [0.4, 0.5) is 8.78 Å². The third-order valence-corrected chi connectivity index (χ3v) is 7.46. The normalized spacial score (nSPS) is 20.8. The number of piperidine rings is 1. The number of carbonyl (C=O) groups excluding carboxylic acids is 4. The summed E-state index contributed by atoms with van der Waals surface area (Å²) in [5, 5.41) is 2.19. The van der Waals surface area contributed by atoms with Crippen molar-refractivity contribution in [3.8, 4) is 5.75 Å². The first-order chi connectivity index (χ1) is 18.6. The van der Waals surface area contributed by atoms with E-state index in [4.69, 9.17) is 4.74 Å². The van der Waals surface area contributed by atoms with Crippen LogP contribution in [0.15, 0.2) is 42.5 Å². The van der Waals surface area contributed by atoms with Crippen LogP contribution in [0.2, 0.25) is 0 Å². The number of ether oxygens (including phenoxy) is 1. The quantitative estimate of drug-likeness (QED) is 0.266. The largest absolute Gasteiger partial charge is 0.488 e. The van der Waals surface area contributed by atoms with Crippen LogP contribution >= 0.6 is 22.6 Å². The lowest BCUT2D eigenvalue weighted by atomic mass is 10.0. The molecular formula is C27H27F2IN4O5. The Morgan fingerprint density at radius 2 is 1.59 bits per heavy atom. The standard InChI is InChI=1S/C27H27F2IN4O5/c28-27(29,30)16-33-12-10-32(11-13-33)14-17-4-6-18(7-5-17)15-39-21-3-1-2-19-23(21)26(38)34(25(19)37)20-8-9-22(35)31-24(20)36/h1-7,20H,8-16H2,(H,31,35,36). The zero-order valence-corrected chi connectivity index (χ0v) is 23.2. The van der Waals surface area contributed by atoms with Gasteiger partial charge in [-0.05, 0) is 29.7 Å². The molecule has 0 aromatic heterocycles. The van der Waals surface area contributed by atoms with Crippen LogP contribution in [0.5, 0.6) is 5.75 Å². The topological polar surface area (TPSA) is 99.3 Å². The minimum Gasteiger partial charge on any atom is -0.488 e. The number of piperazine rings is 1. The third-order valence-electron chi connectivity index (χ3n) is 7.12. The molecule has 3 aliphatic heterocycles. The molecule has 0 saturated carbocycles. The number of hydrogen-bond donors (Lipinski definition) is 1. The number of imide groups is 2. The van der Waals surface area contributed by atoms with Gasteiger partial charge in [0.15, 0.2) is 0 Å². The van der Waals surface area contributed by atoms with E-state index in [9.17, 15) is 28.0 Å². The maximum atomic E-state index is 13.2. The summed E-state index contributed by atoms with van der Waals surface area (Å²) in [5.41, 5.74) is 2.24. The molecule has 12 heteroatoms. The number of halogens is 3. The van der Waals surface area contributed by atoms with Gasteiger partial charge in [-0.1, -0.05) is 30.3 Å². The molecule has 9 nitrogen and oxygen atoms in total. The number of rotatable bonds is 8. The Morgan fingerprint density at radius 1 is 0.923 bits per heavy atom. The fourth-order valence-electron chi connectivity index (χ4n) is 5.12. The molecule has 2 fully saturated rings. The SMILES string of the molecule is O=C1CCC(N2C(=O)c3cccc(OCc4ccc(CN5CCN(CC(F)(F)I)CC5)cc4)c3C2=O)C(=O)N1. The van der Waals surface area contributed by atoms with E-state index in [-0.39, 0.29) is 42.9 Å². The van der Waals surface area contributed by atoms with Gasteiger partial charge in [-0.15, -0.1) is 0 Å². The van der Waals surface area contributed by atoms with Crippen LogP contribution in [0.3, 0.4) is 0 Å². The van der Waals surface area contributed by atoms with Crippen LogP contribution < -0.4 is 10.1 Å². The van der Waals surface area contributed by atoms with Gasteiger partial charge in [0.25, 0.3) is 11.8 Å². The number of carbonyl (C=O) groups is 4. The van der Waals surface area contributed by atoms with Crippen molar-refractivity contribution in [2.24, 2.45) is 0 Å². The summed E-state index contributed by atoms with van der Waals surface area (Å²) in [4.78, 5) is 54.9. The van der Waals surface area contributed by atoms with E-state index in [1.165, 1.54) is 28.7 Å². The molecule has 1 unspecified atom stereocenters. The Kier molecular flexibility index (Phi) is 7.96. The molecule has 2 aromatic rings. The molecule has 0 bridgehead atoms. The Balaban J connectivity index is 1.18. The fraction of sp³-hybridized carbons (Fsp3) is 0.407. The van der Waals surface area contributed by atoms with Gasteiger partial charge in [0.2, 0.25) is 11.8 Å². The molecule has 0 spiro atoms. The van der Waals surface area contributed by atoms with Crippen molar-refractivity contribution in [3.05, 3.63) is 64.7 Å². The molecular weight excluding hydrogens is 625 g/mol. The molecule has 0 aliphatic carbocycles. The first-order valence-corrected chi connectivity index (χ1v) is 13.7. The molecule has 5 rings (SSSR count). The smallest absolute Gasteiger partial charge is 0.308 e. The summed E-state index contributed by atoms with van der Waals surface area (Å²) in [5.74, 6) is -2.03. The average molecular weight is 652 g/mol. The summed E-state index contributed by atoms with van der Waals surface area (Å²) in [6, 6.07) is 11.5. The van der Waals surface area contributed by atoms with Crippen LogP contribution in [-0.2, 0) is 22.7 Å².